The van der Waals surface area contributed by atoms with Gasteiger partial charge in [0.15, 0.2) is 11.5 Å². The van der Waals surface area contributed by atoms with Gasteiger partial charge < -0.3 is 14.8 Å². The van der Waals surface area contributed by atoms with Crippen LogP contribution in [0.1, 0.15) is 12.5 Å². The molecule has 0 aromatic heterocycles. The van der Waals surface area contributed by atoms with E-state index in [1.807, 2.05) is 19.1 Å². The molecule has 0 unspecified atom stereocenters. The summed E-state index contributed by atoms with van der Waals surface area (Å²) in [5.74, 6) is 1.40. The van der Waals surface area contributed by atoms with Gasteiger partial charge in [-0.25, -0.2) is 0 Å². The van der Waals surface area contributed by atoms with Crippen LogP contribution in [0.25, 0.3) is 0 Å². The molecular formula is C16H16BrCl2NO2. The van der Waals surface area contributed by atoms with Crippen LogP contribution in [0.2, 0.25) is 10.0 Å². The summed E-state index contributed by atoms with van der Waals surface area (Å²) in [6, 6.07) is 9.15. The van der Waals surface area contributed by atoms with E-state index in [1.54, 1.807) is 25.3 Å². The van der Waals surface area contributed by atoms with Crippen molar-refractivity contribution in [2.45, 2.75) is 13.5 Å². The molecule has 22 heavy (non-hydrogen) atoms. The molecule has 6 heteroatoms. The Labute approximate surface area is 148 Å². The third-order valence-electron chi connectivity index (χ3n) is 3.03. The average molecular weight is 405 g/mol. The third-order valence-corrected chi connectivity index (χ3v) is 4.33. The first-order chi connectivity index (χ1) is 10.5. The number of anilines is 1. The normalized spacial score (nSPS) is 10.4. The van der Waals surface area contributed by atoms with Crippen molar-refractivity contribution < 1.29 is 9.47 Å². The van der Waals surface area contributed by atoms with Gasteiger partial charge in [-0.2, -0.15) is 0 Å². The molecule has 0 spiro atoms. The SMILES string of the molecule is CCOc1cc(Br)c(CNc2cc(Cl)ccc2Cl)cc1OC. The highest BCUT2D eigenvalue weighted by Crippen LogP contribution is 2.34. The summed E-state index contributed by atoms with van der Waals surface area (Å²) < 4.78 is 11.8. The number of benzene rings is 2. The molecule has 0 radical (unpaired) electrons. The number of methoxy groups -OCH3 is 1. The zero-order valence-electron chi connectivity index (χ0n) is 12.3. The highest BCUT2D eigenvalue weighted by molar-refractivity contribution is 9.10. The second-order valence-corrected chi connectivity index (χ2v) is 6.20. The number of halogens is 3. The zero-order valence-corrected chi connectivity index (χ0v) is 15.3. The highest BCUT2D eigenvalue weighted by Gasteiger charge is 2.10. The Kier molecular flexibility index (Phi) is 6.24. The molecule has 0 heterocycles. The van der Waals surface area contributed by atoms with E-state index in [0.29, 0.717) is 34.7 Å². The molecule has 0 saturated carbocycles. The van der Waals surface area contributed by atoms with Crippen molar-refractivity contribution in [1.82, 2.24) is 0 Å². The summed E-state index contributed by atoms with van der Waals surface area (Å²) in [5.41, 5.74) is 1.81. The van der Waals surface area contributed by atoms with Crippen LogP contribution in [0.15, 0.2) is 34.8 Å². The van der Waals surface area contributed by atoms with Crippen molar-refractivity contribution in [2.24, 2.45) is 0 Å². The quantitative estimate of drug-likeness (QED) is 0.662. The van der Waals surface area contributed by atoms with Crippen LogP contribution in [0.3, 0.4) is 0 Å². The van der Waals surface area contributed by atoms with Crippen LogP contribution in [0.5, 0.6) is 11.5 Å². The van der Waals surface area contributed by atoms with Crippen molar-refractivity contribution >= 4 is 44.8 Å². The summed E-state index contributed by atoms with van der Waals surface area (Å²) in [4.78, 5) is 0. The molecule has 0 aliphatic heterocycles. The second-order valence-electron chi connectivity index (χ2n) is 4.51. The summed E-state index contributed by atoms with van der Waals surface area (Å²) in [6.07, 6.45) is 0. The maximum Gasteiger partial charge on any atom is 0.162 e. The van der Waals surface area contributed by atoms with Crippen LogP contribution >= 0.6 is 39.1 Å². The Morgan fingerprint density at radius 2 is 1.91 bits per heavy atom. The number of ether oxygens (including phenoxy) is 2. The molecule has 0 saturated heterocycles. The fraction of sp³-hybridized carbons (Fsp3) is 0.250. The lowest BCUT2D eigenvalue weighted by Crippen LogP contribution is -2.03. The molecule has 2 aromatic rings. The van der Waals surface area contributed by atoms with Gasteiger partial charge in [-0.05, 0) is 42.8 Å². The minimum Gasteiger partial charge on any atom is -0.493 e. The Morgan fingerprint density at radius 1 is 1.14 bits per heavy atom. The number of hydrogen-bond donors (Lipinski definition) is 1. The fourth-order valence-corrected chi connectivity index (χ4v) is 2.78. The molecule has 0 fully saturated rings. The van der Waals surface area contributed by atoms with Crippen LogP contribution in [0.4, 0.5) is 5.69 Å². The molecule has 2 aromatic carbocycles. The van der Waals surface area contributed by atoms with E-state index in [9.17, 15) is 0 Å². The molecule has 2 rings (SSSR count). The fourth-order valence-electron chi connectivity index (χ4n) is 1.96. The van der Waals surface area contributed by atoms with Crippen LogP contribution < -0.4 is 14.8 Å². The molecule has 0 aliphatic rings. The van der Waals surface area contributed by atoms with Gasteiger partial charge in [0.25, 0.3) is 0 Å². The lowest BCUT2D eigenvalue weighted by Gasteiger charge is -2.14. The Hall–Kier alpha value is -1.10. The van der Waals surface area contributed by atoms with Crippen molar-refractivity contribution in [2.75, 3.05) is 19.0 Å². The summed E-state index contributed by atoms with van der Waals surface area (Å²) in [6.45, 7) is 3.09. The number of nitrogens with one attached hydrogen (secondary N) is 1. The monoisotopic (exact) mass is 403 g/mol. The molecule has 3 nitrogen and oxygen atoms in total. The van der Waals surface area contributed by atoms with Gasteiger partial charge in [0.05, 0.1) is 24.4 Å². The maximum absolute atomic E-state index is 6.15. The van der Waals surface area contributed by atoms with Gasteiger partial charge in [-0.3, -0.25) is 0 Å². The van der Waals surface area contributed by atoms with E-state index >= 15 is 0 Å². The predicted octanol–water partition coefficient (Wildman–Crippen LogP) is 5.78. The van der Waals surface area contributed by atoms with Crippen molar-refractivity contribution in [1.29, 1.82) is 0 Å². The van der Waals surface area contributed by atoms with Gasteiger partial charge in [0, 0.05) is 16.0 Å². The molecular weight excluding hydrogens is 389 g/mol. The van der Waals surface area contributed by atoms with E-state index in [0.717, 1.165) is 15.7 Å². The maximum atomic E-state index is 6.15. The first-order valence-electron chi connectivity index (χ1n) is 6.73. The molecule has 1 N–H and O–H groups in total. The smallest absolute Gasteiger partial charge is 0.162 e. The lowest BCUT2D eigenvalue weighted by molar-refractivity contribution is 0.310. The molecule has 0 aliphatic carbocycles. The van der Waals surface area contributed by atoms with E-state index in [4.69, 9.17) is 32.7 Å². The zero-order chi connectivity index (χ0) is 16.1. The third kappa shape index (κ3) is 4.22. The van der Waals surface area contributed by atoms with Gasteiger partial charge in [-0.15, -0.1) is 0 Å². The van der Waals surface area contributed by atoms with E-state index in [2.05, 4.69) is 21.2 Å². The Morgan fingerprint density at radius 3 is 2.59 bits per heavy atom. The minimum absolute atomic E-state index is 0.573. The van der Waals surface area contributed by atoms with Crippen molar-refractivity contribution in [3.05, 3.63) is 50.4 Å². The second kappa shape index (κ2) is 7.95. The van der Waals surface area contributed by atoms with Gasteiger partial charge in [0.2, 0.25) is 0 Å². The van der Waals surface area contributed by atoms with Gasteiger partial charge >= 0.3 is 0 Å². The topological polar surface area (TPSA) is 30.5 Å². The van der Waals surface area contributed by atoms with Crippen LogP contribution in [-0.4, -0.2) is 13.7 Å². The van der Waals surface area contributed by atoms with Crippen molar-refractivity contribution in [3.8, 4) is 11.5 Å². The number of rotatable bonds is 6. The van der Waals surface area contributed by atoms with Gasteiger partial charge in [0.1, 0.15) is 0 Å². The van der Waals surface area contributed by atoms with E-state index in [-0.39, 0.29) is 0 Å². The number of hydrogen-bond acceptors (Lipinski definition) is 3. The van der Waals surface area contributed by atoms with Crippen molar-refractivity contribution in [3.63, 3.8) is 0 Å². The first kappa shape index (κ1) is 17.3. The lowest BCUT2D eigenvalue weighted by atomic mass is 10.2. The van der Waals surface area contributed by atoms with E-state index < -0.39 is 0 Å². The molecule has 118 valence electrons. The minimum atomic E-state index is 0.573. The Balaban J connectivity index is 2.20. The summed E-state index contributed by atoms with van der Waals surface area (Å²) in [5, 5.41) is 4.53. The predicted molar refractivity (Wildman–Crippen MR) is 95.7 cm³/mol. The summed E-state index contributed by atoms with van der Waals surface area (Å²) in [7, 11) is 1.62. The van der Waals surface area contributed by atoms with E-state index in [1.165, 1.54) is 0 Å². The highest BCUT2D eigenvalue weighted by atomic mass is 79.9. The Bertz CT molecular complexity index is 665. The molecule has 0 bridgehead atoms. The standard InChI is InChI=1S/C16H16BrCl2NO2/c1-3-22-16-8-12(17)10(6-15(16)21-2)9-20-14-7-11(18)4-5-13(14)19/h4-8,20H,3,9H2,1-2H3. The largest absolute Gasteiger partial charge is 0.493 e. The molecule has 0 amide bonds. The average Bonchev–Trinajstić information content (AvgIpc) is 2.50. The van der Waals surface area contributed by atoms with Crippen LogP contribution in [0, 0.1) is 0 Å². The first-order valence-corrected chi connectivity index (χ1v) is 8.28. The van der Waals surface area contributed by atoms with Gasteiger partial charge in [-0.1, -0.05) is 39.1 Å². The molecule has 0 atom stereocenters. The van der Waals surface area contributed by atoms with Crippen LogP contribution in [-0.2, 0) is 6.54 Å². The summed E-state index contributed by atoms with van der Waals surface area (Å²) >= 11 is 15.7.